The van der Waals surface area contributed by atoms with Crippen LogP contribution in [-0.2, 0) is 0 Å². The van der Waals surface area contributed by atoms with Crippen molar-refractivity contribution >= 4 is 52.5 Å². The molecule has 2 aromatic carbocycles. The molecule has 0 aliphatic carbocycles. The third-order valence-corrected chi connectivity index (χ3v) is 5.42. The highest BCUT2D eigenvalue weighted by Crippen LogP contribution is 2.34. The van der Waals surface area contributed by atoms with Crippen molar-refractivity contribution in [2.75, 3.05) is 0 Å². The van der Waals surface area contributed by atoms with Crippen molar-refractivity contribution in [2.45, 2.75) is 9.92 Å². The summed E-state index contributed by atoms with van der Waals surface area (Å²) in [4.78, 5) is 27.9. The molecular formula is C20H12Cl2N2O3S. The van der Waals surface area contributed by atoms with E-state index in [1.165, 1.54) is 23.9 Å². The summed E-state index contributed by atoms with van der Waals surface area (Å²) in [6.45, 7) is 0. The fourth-order valence-corrected chi connectivity index (χ4v) is 3.47. The van der Waals surface area contributed by atoms with Crippen molar-refractivity contribution < 1.29 is 9.72 Å². The number of hydrogen-bond acceptors (Lipinski definition) is 5. The molecule has 0 aliphatic heterocycles. The molecule has 1 heterocycles. The summed E-state index contributed by atoms with van der Waals surface area (Å²) in [5, 5.41) is 12.9. The van der Waals surface area contributed by atoms with E-state index in [-0.39, 0.29) is 17.0 Å². The number of halogens is 2. The average molecular weight is 431 g/mol. The van der Waals surface area contributed by atoms with Gasteiger partial charge in [0.25, 0.3) is 5.69 Å². The number of benzene rings is 2. The Morgan fingerprint density at radius 2 is 1.89 bits per heavy atom. The third kappa shape index (κ3) is 4.98. The van der Waals surface area contributed by atoms with Crippen LogP contribution in [0.15, 0.2) is 76.8 Å². The minimum absolute atomic E-state index is 0.149. The Kier molecular flexibility index (Phi) is 6.46. The largest absolute Gasteiger partial charge is 0.289 e. The quantitative estimate of drug-likeness (QED) is 0.197. The van der Waals surface area contributed by atoms with E-state index < -0.39 is 4.92 Å². The van der Waals surface area contributed by atoms with Gasteiger partial charge in [-0.2, -0.15) is 0 Å². The van der Waals surface area contributed by atoms with Crippen LogP contribution in [0.25, 0.3) is 6.08 Å². The second-order valence-electron chi connectivity index (χ2n) is 5.58. The van der Waals surface area contributed by atoms with E-state index >= 15 is 0 Å². The van der Waals surface area contributed by atoms with E-state index in [1.54, 1.807) is 60.8 Å². The number of nitrogens with zero attached hydrogens (tertiary/aromatic N) is 2. The number of nitro benzene ring substituents is 1. The van der Waals surface area contributed by atoms with Crippen LogP contribution in [0.2, 0.25) is 10.0 Å². The van der Waals surface area contributed by atoms with Gasteiger partial charge in [0.15, 0.2) is 5.78 Å². The highest BCUT2D eigenvalue weighted by Gasteiger charge is 2.18. The predicted molar refractivity (Wildman–Crippen MR) is 111 cm³/mol. The second kappa shape index (κ2) is 9.01. The lowest BCUT2D eigenvalue weighted by Crippen LogP contribution is -1.98. The van der Waals surface area contributed by atoms with Gasteiger partial charge in [-0.1, -0.05) is 53.2 Å². The molecule has 8 heteroatoms. The Morgan fingerprint density at radius 1 is 1.07 bits per heavy atom. The minimum atomic E-state index is -0.509. The van der Waals surface area contributed by atoms with Crippen LogP contribution in [0.1, 0.15) is 15.9 Å². The van der Waals surface area contributed by atoms with Crippen LogP contribution < -0.4 is 0 Å². The standard InChI is InChI=1S/C20H12Cl2N2O3S/c21-15-7-4-13(11-16(15)22)5-8-18(25)14-6-9-19(17(12-14)24(26)27)28-20-3-1-2-10-23-20/h1-12H/b8-5+. The van der Waals surface area contributed by atoms with Crippen molar-refractivity contribution in [3.05, 3.63) is 98.2 Å². The molecule has 0 N–H and O–H groups in total. The van der Waals surface area contributed by atoms with Crippen LogP contribution in [0, 0.1) is 10.1 Å². The summed E-state index contributed by atoms with van der Waals surface area (Å²) in [6, 6.07) is 14.7. The lowest BCUT2D eigenvalue weighted by Gasteiger charge is -2.04. The zero-order chi connectivity index (χ0) is 20.1. The molecule has 0 fully saturated rings. The number of carbonyl (C=O) groups excluding carboxylic acids is 1. The summed E-state index contributed by atoms with van der Waals surface area (Å²) < 4.78 is 0. The minimum Gasteiger partial charge on any atom is -0.289 e. The number of allylic oxidation sites excluding steroid dienone is 1. The number of nitro groups is 1. The molecule has 0 amide bonds. The van der Waals surface area contributed by atoms with Crippen LogP contribution >= 0.6 is 35.0 Å². The molecule has 5 nitrogen and oxygen atoms in total. The van der Waals surface area contributed by atoms with Crippen LogP contribution in [0.3, 0.4) is 0 Å². The van der Waals surface area contributed by atoms with E-state index in [9.17, 15) is 14.9 Å². The second-order valence-corrected chi connectivity index (χ2v) is 7.46. The SMILES string of the molecule is O=C(/C=C/c1ccc(Cl)c(Cl)c1)c1ccc(Sc2ccccn2)c([N+](=O)[O-])c1. The first-order chi connectivity index (χ1) is 13.4. The zero-order valence-corrected chi connectivity index (χ0v) is 16.5. The average Bonchev–Trinajstić information content (AvgIpc) is 2.69. The molecule has 0 saturated carbocycles. The van der Waals surface area contributed by atoms with Gasteiger partial charge in [0.2, 0.25) is 0 Å². The normalized spacial score (nSPS) is 10.9. The van der Waals surface area contributed by atoms with Crippen LogP contribution in [0.5, 0.6) is 0 Å². The fraction of sp³-hybridized carbons (Fsp3) is 0. The lowest BCUT2D eigenvalue weighted by atomic mass is 10.1. The Balaban J connectivity index is 1.84. The molecule has 0 aliphatic rings. The smallest absolute Gasteiger partial charge is 0.284 e. The lowest BCUT2D eigenvalue weighted by molar-refractivity contribution is -0.387. The molecule has 28 heavy (non-hydrogen) atoms. The molecule has 0 unspecified atom stereocenters. The van der Waals surface area contributed by atoms with Gasteiger partial charge in [-0.05, 0) is 48.0 Å². The van der Waals surface area contributed by atoms with E-state index in [4.69, 9.17) is 23.2 Å². The first kappa shape index (κ1) is 20.1. The molecule has 0 bridgehead atoms. The van der Waals surface area contributed by atoms with Gasteiger partial charge in [-0.25, -0.2) is 4.98 Å². The van der Waals surface area contributed by atoms with Gasteiger partial charge in [0, 0.05) is 17.8 Å². The van der Waals surface area contributed by atoms with Crippen molar-refractivity contribution in [3.8, 4) is 0 Å². The predicted octanol–water partition coefficient (Wildman–Crippen LogP) is 6.34. The number of ketones is 1. The molecule has 0 atom stereocenters. The number of aromatic nitrogens is 1. The van der Waals surface area contributed by atoms with Crippen molar-refractivity contribution in [3.63, 3.8) is 0 Å². The molecule has 1 aromatic heterocycles. The van der Waals surface area contributed by atoms with E-state index in [0.717, 1.165) is 0 Å². The molecular weight excluding hydrogens is 419 g/mol. The van der Waals surface area contributed by atoms with Gasteiger partial charge in [0.1, 0.15) is 5.03 Å². The topological polar surface area (TPSA) is 73.1 Å². The summed E-state index contributed by atoms with van der Waals surface area (Å²) in [5.74, 6) is -0.358. The Hall–Kier alpha value is -2.67. The maximum absolute atomic E-state index is 12.4. The summed E-state index contributed by atoms with van der Waals surface area (Å²) >= 11 is 13.0. The van der Waals surface area contributed by atoms with E-state index in [2.05, 4.69) is 4.98 Å². The number of pyridine rings is 1. The first-order valence-electron chi connectivity index (χ1n) is 7.99. The molecule has 3 rings (SSSR count). The highest BCUT2D eigenvalue weighted by molar-refractivity contribution is 7.99. The maximum atomic E-state index is 12.4. The summed E-state index contributed by atoms with van der Waals surface area (Å²) in [5.41, 5.74) is 0.761. The zero-order valence-electron chi connectivity index (χ0n) is 14.2. The van der Waals surface area contributed by atoms with Gasteiger partial charge >= 0.3 is 0 Å². The molecule has 0 saturated heterocycles. The molecule has 0 spiro atoms. The van der Waals surface area contributed by atoms with E-state index in [1.807, 2.05) is 0 Å². The summed E-state index contributed by atoms with van der Waals surface area (Å²) in [7, 11) is 0. The fourth-order valence-electron chi connectivity index (χ4n) is 2.30. The van der Waals surface area contributed by atoms with Crippen LogP contribution in [-0.4, -0.2) is 15.7 Å². The molecule has 140 valence electrons. The maximum Gasteiger partial charge on any atom is 0.284 e. The van der Waals surface area contributed by atoms with Gasteiger partial charge < -0.3 is 0 Å². The number of carbonyl (C=O) groups is 1. The van der Waals surface area contributed by atoms with Crippen molar-refractivity contribution in [2.24, 2.45) is 0 Å². The van der Waals surface area contributed by atoms with Gasteiger partial charge in [-0.3, -0.25) is 14.9 Å². The van der Waals surface area contributed by atoms with Crippen LogP contribution in [0.4, 0.5) is 5.69 Å². The number of rotatable bonds is 6. The Bertz CT molecular complexity index is 1070. The van der Waals surface area contributed by atoms with Gasteiger partial charge in [0.05, 0.1) is 19.9 Å². The van der Waals surface area contributed by atoms with Crippen molar-refractivity contribution in [1.82, 2.24) is 4.98 Å². The number of hydrogen-bond donors (Lipinski definition) is 0. The molecule has 0 radical (unpaired) electrons. The molecule has 3 aromatic rings. The van der Waals surface area contributed by atoms with E-state index in [0.29, 0.717) is 25.5 Å². The first-order valence-corrected chi connectivity index (χ1v) is 9.56. The monoisotopic (exact) mass is 430 g/mol. The third-order valence-electron chi connectivity index (χ3n) is 3.66. The van der Waals surface area contributed by atoms with Gasteiger partial charge in [-0.15, -0.1) is 0 Å². The highest BCUT2D eigenvalue weighted by atomic mass is 35.5. The summed E-state index contributed by atoms with van der Waals surface area (Å²) in [6.07, 6.45) is 4.52. The Labute approximate surface area is 175 Å². The van der Waals surface area contributed by atoms with Crippen molar-refractivity contribution in [1.29, 1.82) is 0 Å². The Morgan fingerprint density at radius 3 is 2.57 bits per heavy atom.